The van der Waals surface area contributed by atoms with E-state index in [-0.39, 0.29) is 29.6 Å². The lowest BCUT2D eigenvalue weighted by Crippen LogP contribution is -2.38. The molecule has 0 saturated heterocycles. The Morgan fingerprint density at radius 1 is 0.821 bits per heavy atom. The fourth-order valence-electron chi connectivity index (χ4n) is 2.73. The Morgan fingerprint density at radius 3 is 1.86 bits per heavy atom. The van der Waals surface area contributed by atoms with Crippen molar-refractivity contribution >= 4 is 17.6 Å². The second kappa shape index (κ2) is 20.3. The van der Waals surface area contributed by atoms with E-state index in [4.69, 9.17) is 9.47 Å². The molecular weight excluding hydrogens is 360 g/mol. The first-order valence-corrected chi connectivity index (χ1v) is 10.7. The number of hydrogen-bond donors (Lipinski definition) is 2. The molecule has 28 heavy (non-hydrogen) atoms. The predicted molar refractivity (Wildman–Crippen MR) is 112 cm³/mol. The van der Waals surface area contributed by atoms with Crippen molar-refractivity contribution in [2.75, 3.05) is 33.0 Å². The molecule has 1 fully saturated rings. The highest BCUT2D eigenvalue weighted by Crippen LogP contribution is 2.24. The summed E-state index contributed by atoms with van der Waals surface area (Å²) in [5.74, 6) is 0.350. The maximum atomic E-state index is 11.8. The minimum Gasteiger partial charge on any atom is -0.379 e. The molecule has 1 aliphatic rings. The Labute approximate surface area is 171 Å². The van der Waals surface area contributed by atoms with E-state index in [0.717, 1.165) is 25.7 Å². The van der Waals surface area contributed by atoms with Crippen molar-refractivity contribution in [2.45, 2.75) is 79.7 Å². The van der Waals surface area contributed by atoms with Crippen LogP contribution in [0.1, 0.15) is 73.6 Å². The minimum atomic E-state index is -0.0735. The molecule has 1 aliphatic carbocycles. The molecule has 0 aromatic rings. The van der Waals surface area contributed by atoms with Crippen LogP contribution in [0.3, 0.4) is 0 Å². The molecule has 0 radical (unpaired) electrons. The highest BCUT2D eigenvalue weighted by Gasteiger charge is 2.24. The molecule has 2 N–H and O–H groups in total. The van der Waals surface area contributed by atoms with Gasteiger partial charge in [0.1, 0.15) is 5.78 Å². The summed E-state index contributed by atoms with van der Waals surface area (Å²) < 4.78 is 10.6. The number of rotatable bonds is 11. The van der Waals surface area contributed by atoms with Gasteiger partial charge in [0.25, 0.3) is 0 Å². The largest absolute Gasteiger partial charge is 0.379 e. The van der Waals surface area contributed by atoms with Crippen LogP contribution in [0.15, 0.2) is 0 Å². The summed E-state index contributed by atoms with van der Waals surface area (Å²) in [4.78, 5) is 33.8. The van der Waals surface area contributed by atoms with Gasteiger partial charge in [-0.15, -0.1) is 0 Å². The highest BCUT2D eigenvalue weighted by molar-refractivity contribution is 5.78. The van der Waals surface area contributed by atoms with Crippen LogP contribution in [0.25, 0.3) is 0 Å². The third kappa shape index (κ3) is 16.7. The van der Waals surface area contributed by atoms with Crippen molar-refractivity contribution < 1.29 is 23.9 Å². The number of carbonyl (C=O) groups excluding carboxylic acids is 3. The third-order valence-corrected chi connectivity index (χ3v) is 4.13. The van der Waals surface area contributed by atoms with E-state index in [2.05, 4.69) is 10.6 Å². The molecule has 0 heterocycles. The molecule has 0 aromatic heterocycles. The Balaban J connectivity index is 0. The number of ether oxygens (including phenoxy) is 2. The zero-order chi connectivity index (χ0) is 21.8. The second-order valence-electron chi connectivity index (χ2n) is 6.18. The SMILES string of the molecule is CC.CC.CC(=O)NCCOCCOCCC(=O)NC1CCC(C(C)=O)CC1. The number of amides is 2. The van der Waals surface area contributed by atoms with E-state index in [1.165, 1.54) is 6.92 Å². The fraction of sp³-hybridized carbons (Fsp3) is 0.857. The lowest BCUT2D eigenvalue weighted by molar-refractivity contribution is -0.123. The summed E-state index contributed by atoms with van der Waals surface area (Å²) in [6.45, 7) is 13.3. The molecule has 0 spiro atoms. The highest BCUT2D eigenvalue weighted by atomic mass is 16.5. The molecule has 0 unspecified atom stereocenters. The van der Waals surface area contributed by atoms with Gasteiger partial charge in [0.2, 0.25) is 11.8 Å². The number of nitrogens with one attached hydrogen (secondary N) is 2. The van der Waals surface area contributed by atoms with Crippen LogP contribution in [-0.4, -0.2) is 56.6 Å². The number of ketones is 1. The molecule has 7 nitrogen and oxygen atoms in total. The Hall–Kier alpha value is -1.47. The summed E-state index contributed by atoms with van der Waals surface area (Å²) >= 11 is 0. The minimum absolute atomic E-state index is 0.00662. The number of Topliss-reactive ketones (excluding diaryl/α,β-unsaturated/α-hetero) is 1. The summed E-state index contributed by atoms with van der Waals surface area (Å²) in [5, 5.41) is 5.64. The second-order valence-corrected chi connectivity index (χ2v) is 6.18. The maximum absolute atomic E-state index is 11.8. The van der Waals surface area contributed by atoms with E-state index in [1.54, 1.807) is 6.92 Å². The summed E-state index contributed by atoms with van der Waals surface area (Å²) in [6.07, 6.45) is 3.82. The average Bonchev–Trinajstić information content (AvgIpc) is 2.70. The average molecular weight is 403 g/mol. The van der Waals surface area contributed by atoms with Gasteiger partial charge in [-0.3, -0.25) is 14.4 Å². The summed E-state index contributed by atoms with van der Waals surface area (Å²) in [6, 6.07) is 0.185. The smallest absolute Gasteiger partial charge is 0.222 e. The van der Waals surface area contributed by atoms with Gasteiger partial charge in [-0.05, 0) is 32.6 Å². The topological polar surface area (TPSA) is 93.7 Å². The van der Waals surface area contributed by atoms with Gasteiger partial charge < -0.3 is 20.1 Å². The van der Waals surface area contributed by atoms with Crippen LogP contribution in [0.2, 0.25) is 0 Å². The summed E-state index contributed by atoms with van der Waals surface area (Å²) in [5.41, 5.74) is 0. The van der Waals surface area contributed by atoms with Crippen LogP contribution >= 0.6 is 0 Å². The van der Waals surface area contributed by atoms with Crippen LogP contribution in [0, 0.1) is 5.92 Å². The van der Waals surface area contributed by atoms with E-state index < -0.39 is 0 Å². The molecular formula is C21H42N2O5. The van der Waals surface area contributed by atoms with Crippen molar-refractivity contribution in [1.82, 2.24) is 10.6 Å². The van der Waals surface area contributed by atoms with Gasteiger partial charge in [-0.25, -0.2) is 0 Å². The van der Waals surface area contributed by atoms with E-state index in [9.17, 15) is 14.4 Å². The Bertz CT molecular complexity index is 408. The molecule has 1 saturated carbocycles. The lowest BCUT2D eigenvalue weighted by atomic mass is 9.84. The van der Waals surface area contributed by atoms with Gasteiger partial charge in [0.15, 0.2) is 0 Å². The van der Waals surface area contributed by atoms with Gasteiger partial charge in [0, 0.05) is 31.8 Å². The van der Waals surface area contributed by atoms with Gasteiger partial charge >= 0.3 is 0 Å². The van der Waals surface area contributed by atoms with Crippen molar-refractivity contribution in [1.29, 1.82) is 0 Å². The molecule has 0 atom stereocenters. The van der Waals surface area contributed by atoms with Crippen molar-refractivity contribution in [3.05, 3.63) is 0 Å². The van der Waals surface area contributed by atoms with Crippen molar-refractivity contribution in [2.24, 2.45) is 5.92 Å². The molecule has 166 valence electrons. The Kier molecular flexibility index (Phi) is 20.8. The quantitative estimate of drug-likeness (QED) is 0.518. The Morgan fingerprint density at radius 2 is 1.36 bits per heavy atom. The molecule has 0 aliphatic heterocycles. The molecule has 0 aromatic carbocycles. The van der Waals surface area contributed by atoms with Crippen LogP contribution < -0.4 is 10.6 Å². The normalized spacial score (nSPS) is 17.9. The van der Waals surface area contributed by atoms with E-state index in [0.29, 0.717) is 39.4 Å². The zero-order valence-electron chi connectivity index (χ0n) is 18.8. The van der Waals surface area contributed by atoms with Gasteiger partial charge in [0.05, 0.1) is 26.4 Å². The van der Waals surface area contributed by atoms with Gasteiger partial charge in [-0.2, -0.15) is 0 Å². The van der Waals surface area contributed by atoms with E-state index in [1.807, 2.05) is 27.7 Å². The molecule has 1 rings (SSSR count). The van der Waals surface area contributed by atoms with Crippen LogP contribution in [0.5, 0.6) is 0 Å². The standard InChI is InChI=1S/C17H30N2O5.2C2H6/c1-13(20)15-3-5-16(6-4-15)19-17(22)7-9-23-11-12-24-10-8-18-14(2)21;2*1-2/h15-16H,3-12H2,1-2H3,(H,18,21)(H,19,22);2*1-2H3. The fourth-order valence-corrected chi connectivity index (χ4v) is 2.73. The molecule has 0 bridgehead atoms. The van der Waals surface area contributed by atoms with Crippen molar-refractivity contribution in [3.8, 4) is 0 Å². The third-order valence-electron chi connectivity index (χ3n) is 4.13. The molecule has 7 heteroatoms. The van der Waals surface area contributed by atoms with Gasteiger partial charge in [-0.1, -0.05) is 27.7 Å². The van der Waals surface area contributed by atoms with Crippen molar-refractivity contribution in [3.63, 3.8) is 0 Å². The first-order chi connectivity index (χ1) is 13.5. The monoisotopic (exact) mass is 402 g/mol. The van der Waals surface area contributed by atoms with Crippen LogP contribution in [-0.2, 0) is 23.9 Å². The first kappa shape index (κ1) is 28.7. The van der Waals surface area contributed by atoms with E-state index >= 15 is 0 Å². The number of hydrogen-bond acceptors (Lipinski definition) is 5. The molecule has 2 amide bonds. The lowest BCUT2D eigenvalue weighted by Gasteiger charge is -2.27. The maximum Gasteiger partial charge on any atom is 0.222 e. The summed E-state index contributed by atoms with van der Waals surface area (Å²) in [7, 11) is 0. The number of carbonyl (C=O) groups is 3. The zero-order valence-corrected chi connectivity index (χ0v) is 18.8. The first-order valence-electron chi connectivity index (χ1n) is 10.7. The predicted octanol–water partition coefficient (Wildman–Crippen LogP) is 2.86. The van der Waals surface area contributed by atoms with Crippen LogP contribution in [0.4, 0.5) is 0 Å².